The number of hydrogen-bond donors (Lipinski definition) is 0. The van der Waals surface area contributed by atoms with Crippen molar-refractivity contribution in [1.29, 1.82) is 0 Å². The number of benzene rings is 1. The van der Waals surface area contributed by atoms with Crippen molar-refractivity contribution in [3.63, 3.8) is 0 Å². The van der Waals surface area contributed by atoms with E-state index in [9.17, 15) is 0 Å². The fourth-order valence-corrected chi connectivity index (χ4v) is 2.19. The highest BCUT2D eigenvalue weighted by Crippen LogP contribution is 2.37. The zero-order chi connectivity index (χ0) is 10.1. The predicted octanol–water partition coefficient (Wildman–Crippen LogP) is 4.43. The van der Waals surface area contributed by atoms with Gasteiger partial charge in [0, 0.05) is 15.9 Å². The summed E-state index contributed by atoms with van der Waals surface area (Å²) in [6, 6.07) is 3.59. The largest absolute Gasteiger partial charge is 0.489 e. The summed E-state index contributed by atoms with van der Waals surface area (Å²) in [5.74, 6) is 0.774. The topological polar surface area (TPSA) is 9.23 Å². The Labute approximate surface area is 101 Å². The third-order valence-corrected chi connectivity index (χ3v) is 3.14. The van der Waals surface area contributed by atoms with Crippen molar-refractivity contribution < 1.29 is 4.74 Å². The van der Waals surface area contributed by atoms with Gasteiger partial charge in [0.25, 0.3) is 0 Å². The van der Waals surface area contributed by atoms with Gasteiger partial charge in [-0.3, -0.25) is 0 Å². The highest BCUT2D eigenvalue weighted by Gasteiger charge is 2.25. The van der Waals surface area contributed by atoms with Crippen LogP contribution < -0.4 is 4.74 Å². The molecule has 0 bridgehead atoms. The fraction of sp³-hybridized carbons (Fsp3) is 0.400. The van der Waals surface area contributed by atoms with Crippen molar-refractivity contribution in [2.75, 3.05) is 0 Å². The molecule has 2 rings (SSSR count). The van der Waals surface area contributed by atoms with Crippen LogP contribution in [0.1, 0.15) is 18.4 Å². The van der Waals surface area contributed by atoms with E-state index in [1.165, 1.54) is 0 Å². The van der Waals surface area contributed by atoms with E-state index in [-0.39, 0.29) is 0 Å². The van der Waals surface area contributed by atoms with E-state index < -0.39 is 0 Å². The summed E-state index contributed by atoms with van der Waals surface area (Å²) in [5.41, 5.74) is 1.01. The SMILES string of the molecule is Clc1cc(Cl)c(OC2CC2)c(CBr)c1. The lowest BCUT2D eigenvalue weighted by Crippen LogP contribution is -1.99. The molecule has 1 aromatic rings. The molecule has 0 saturated heterocycles. The van der Waals surface area contributed by atoms with Gasteiger partial charge in [-0.05, 0) is 25.0 Å². The van der Waals surface area contributed by atoms with E-state index in [0.717, 1.165) is 24.2 Å². The van der Waals surface area contributed by atoms with E-state index >= 15 is 0 Å². The van der Waals surface area contributed by atoms with E-state index in [2.05, 4.69) is 15.9 Å². The molecule has 1 fully saturated rings. The summed E-state index contributed by atoms with van der Waals surface area (Å²) in [6.45, 7) is 0. The van der Waals surface area contributed by atoms with Crippen LogP contribution in [0.25, 0.3) is 0 Å². The number of ether oxygens (including phenoxy) is 1. The van der Waals surface area contributed by atoms with Crippen molar-refractivity contribution in [1.82, 2.24) is 0 Å². The second-order valence-electron chi connectivity index (χ2n) is 3.33. The Hall–Kier alpha value is 0.0800. The molecule has 0 aromatic heterocycles. The Morgan fingerprint density at radius 1 is 1.36 bits per heavy atom. The van der Waals surface area contributed by atoms with Gasteiger partial charge in [-0.1, -0.05) is 39.1 Å². The zero-order valence-electron chi connectivity index (χ0n) is 7.40. The third kappa shape index (κ3) is 2.36. The van der Waals surface area contributed by atoms with Crippen LogP contribution in [0.3, 0.4) is 0 Å². The van der Waals surface area contributed by atoms with E-state index in [4.69, 9.17) is 27.9 Å². The van der Waals surface area contributed by atoms with Gasteiger partial charge in [-0.15, -0.1) is 0 Å². The minimum Gasteiger partial charge on any atom is -0.489 e. The smallest absolute Gasteiger partial charge is 0.142 e. The Kier molecular flexibility index (Phi) is 3.25. The van der Waals surface area contributed by atoms with Gasteiger partial charge in [-0.25, -0.2) is 0 Å². The zero-order valence-corrected chi connectivity index (χ0v) is 10.5. The lowest BCUT2D eigenvalue weighted by molar-refractivity contribution is 0.301. The fourth-order valence-electron chi connectivity index (χ4n) is 1.20. The van der Waals surface area contributed by atoms with E-state index in [1.54, 1.807) is 6.07 Å². The maximum atomic E-state index is 6.06. The van der Waals surface area contributed by atoms with E-state index in [1.807, 2.05) is 6.07 Å². The predicted molar refractivity (Wildman–Crippen MR) is 62.7 cm³/mol. The highest BCUT2D eigenvalue weighted by atomic mass is 79.9. The summed E-state index contributed by atoms with van der Waals surface area (Å²) < 4.78 is 5.71. The first-order valence-corrected chi connectivity index (χ1v) is 6.29. The average Bonchev–Trinajstić information content (AvgIpc) is 2.93. The molecule has 1 saturated carbocycles. The minimum atomic E-state index is 0.353. The normalized spacial score (nSPS) is 15.6. The average molecular weight is 296 g/mol. The van der Waals surface area contributed by atoms with E-state index in [0.29, 0.717) is 21.5 Å². The van der Waals surface area contributed by atoms with Gasteiger partial charge >= 0.3 is 0 Å². The Morgan fingerprint density at radius 3 is 2.64 bits per heavy atom. The quantitative estimate of drug-likeness (QED) is 0.750. The molecular formula is C10H9BrCl2O. The molecule has 0 N–H and O–H groups in total. The number of rotatable bonds is 3. The van der Waals surface area contributed by atoms with Crippen LogP contribution in [0.2, 0.25) is 10.0 Å². The van der Waals surface area contributed by atoms with Crippen molar-refractivity contribution in [3.8, 4) is 5.75 Å². The van der Waals surface area contributed by atoms with Crippen LogP contribution in [0.15, 0.2) is 12.1 Å². The van der Waals surface area contributed by atoms with Crippen LogP contribution in [0.4, 0.5) is 0 Å². The maximum absolute atomic E-state index is 6.06. The molecule has 0 heterocycles. The standard InChI is InChI=1S/C10H9BrCl2O/c11-5-6-3-7(12)4-9(13)10(6)14-8-1-2-8/h3-4,8H,1-2,5H2. The molecule has 0 radical (unpaired) electrons. The second-order valence-corrected chi connectivity index (χ2v) is 4.73. The lowest BCUT2D eigenvalue weighted by Gasteiger charge is -2.11. The molecule has 14 heavy (non-hydrogen) atoms. The molecular weight excluding hydrogens is 287 g/mol. The molecule has 0 amide bonds. The first kappa shape index (κ1) is 10.6. The van der Waals surface area contributed by atoms with Crippen molar-refractivity contribution >= 4 is 39.1 Å². The Morgan fingerprint density at radius 2 is 2.07 bits per heavy atom. The van der Waals surface area contributed by atoms with Gasteiger partial charge in [0.2, 0.25) is 0 Å². The van der Waals surface area contributed by atoms with Crippen LogP contribution in [0, 0.1) is 0 Å². The van der Waals surface area contributed by atoms with Gasteiger partial charge in [0.1, 0.15) is 5.75 Å². The molecule has 76 valence electrons. The summed E-state index contributed by atoms with van der Waals surface area (Å²) >= 11 is 15.3. The van der Waals surface area contributed by atoms with Gasteiger partial charge in [0.05, 0.1) is 11.1 Å². The van der Waals surface area contributed by atoms with Crippen LogP contribution in [-0.4, -0.2) is 6.10 Å². The Balaban J connectivity index is 2.33. The van der Waals surface area contributed by atoms with Crippen molar-refractivity contribution in [2.24, 2.45) is 0 Å². The number of halogens is 3. The summed E-state index contributed by atoms with van der Waals surface area (Å²) in [7, 11) is 0. The van der Waals surface area contributed by atoms with Gasteiger partial charge < -0.3 is 4.74 Å². The minimum absolute atomic E-state index is 0.353. The van der Waals surface area contributed by atoms with Gasteiger partial charge in [-0.2, -0.15) is 0 Å². The molecule has 1 aliphatic carbocycles. The van der Waals surface area contributed by atoms with Crippen molar-refractivity contribution in [2.45, 2.75) is 24.3 Å². The first-order chi connectivity index (χ1) is 6.70. The molecule has 4 heteroatoms. The molecule has 0 spiro atoms. The number of alkyl halides is 1. The monoisotopic (exact) mass is 294 g/mol. The van der Waals surface area contributed by atoms with Gasteiger partial charge in [0.15, 0.2) is 0 Å². The summed E-state index contributed by atoms with van der Waals surface area (Å²) in [5, 5.41) is 1.95. The number of hydrogen-bond acceptors (Lipinski definition) is 1. The van der Waals surface area contributed by atoms with Crippen molar-refractivity contribution in [3.05, 3.63) is 27.7 Å². The summed E-state index contributed by atoms with van der Waals surface area (Å²) in [4.78, 5) is 0. The summed E-state index contributed by atoms with van der Waals surface area (Å²) in [6.07, 6.45) is 2.60. The molecule has 0 aliphatic heterocycles. The second kappa shape index (κ2) is 4.30. The van der Waals surface area contributed by atoms with Crippen LogP contribution in [0.5, 0.6) is 5.75 Å². The first-order valence-electron chi connectivity index (χ1n) is 4.41. The molecule has 1 aliphatic rings. The molecule has 0 unspecified atom stereocenters. The highest BCUT2D eigenvalue weighted by molar-refractivity contribution is 9.08. The third-order valence-electron chi connectivity index (χ3n) is 2.04. The molecule has 0 atom stereocenters. The maximum Gasteiger partial charge on any atom is 0.142 e. The van der Waals surface area contributed by atoms with Crippen LogP contribution >= 0.6 is 39.1 Å². The molecule has 1 nitrogen and oxygen atoms in total. The lowest BCUT2D eigenvalue weighted by atomic mass is 10.2. The molecule has 1 aromatic carbocycles. The van der Waals surface area contributed by atoms with Crippen LogP contribution in [-0.2, 0) is 5.33 Å². The Bertz CT molecular complexity index is 350.